The van der Waals surface area contributed by atoms with Crippen molar-refractivity contribution in [1.29, 1.82) is 0 Å². The molecule has 2 aromatic rings. The van der Waals surface area contributed by atoms with Crippen molar-refractivity contribution in [2.45, 2.75) is 32.0 Å². The van der Waals surface area contributed by atoms with E-state index in [0.717, 1.165) is 17.9 Å². The van der Waals surface area contributed by atoms with Gasteiger partial charge in [-0.15, -0.1) is 0 Å². The van der Waals surface area contributed by atoms with E-state index in [1.54, 1.807) is 35.7 Å². The van der Waals surface area contributed by atoms with Gasteiger partial charge in [0.15, 0.2) is 0 Å². The Morgan fingerprint density at radius 1 is 1.33 bits per heavy atom. The molecule has 112 valence electrons. The lowest BCUT2D eigenvalue weighted by atomic mass is 10.1. The minimum absolute atomic E-state index is 0.0152. The number of benzene rings is 1. The first-order valence-electron chi connectivity index (χ1n) is 7.28. The molecule has 1 N–H and O–H groups in total. The molecule has 1 aliphatic rings. The number of imidazole rings is 1. The average Bonchev–Trinajstić information content (AvgIpc) is 3.27. The van der Waals surface area contributed by atoms with Crippen LogP contribution in [0.2, 0.25) is 0 Å². The lowest BCUT2D eigenvalue weighted by Crippen LogP contribution is -2.22. The molecule has 1 aliphatic carbocycles. The van der Waals surface area contributed by atoms with E-state index in [1.165, 1.54) is 18.4 Å². The zero-order valence-corrected chi connectivity index (χ0v) is 12.5. The van der Waals surface area contributed by atoms with Gasteiger partial charge in [0.25, 0.3) is 0 Å². The topological polar surface area (TPSA) is 48.2 Å². The summed E-state index contributed by atoms with van der Waals surface area (Å²) in [7, 11) is 3.42. The van der Waals surface area contributed by atoms with Crippen molar-refractivity contribution in [3.05, 3.63) is 52.2 Å². The Labute approximate surface area is 124 Å². The van der Waals surface area contributed by atoms with Crippen molar-refractivity contribution >= 4 is 0 Å². The summed E-state index contributed by atoms with van der Waals surface area (Å²) in [6.07, 6.45) is 6.13. The molecule has 1 saturated carbocycles. The average molecular weight is 287 g/mol. The molecule has 1 heterocycles. The van der Waals surface area contributed by atoms with E-state index in [-0.39, 0.29) is 5.69 Å². The number of ether oxygens (including phenoxy) is 1. The van der Waals surface area contributed by atoms with Gasteiger partial charge in [0.2, 0.25) is 0 Å². The first-order chi connectivity index (χ1) is 10.2. The first-order valence-corrected chi connectivity index (χ1v) is 7.28. The van der Waals surface area contributed by atoms with Crippen LogP contribution < -0.4 is 15.7 Å². The van der Waals surface area contributed by atoms with Crippen LogP contribution in [0, 0.1) is 0 Å². The third-order valence-electron chi connectivity index (χ3n) is 3.88. The maximum atomic E-state index is 12.0. The fourth-order valence-electron chi connectivity index (χ4n) is 2.43. The van der Waals surface area contributed by atoms with Gasteiger partial charge in [0.1, 0.15) is 5.75 Å². The molecule has 0 bridgehead atoms. The van der Waals surface area contributed by atoms with Gasteiger partial charge in [0.05, 0.1) is 13.7 Å². The molecule has 0 saturated heterocycles. The number of hydrogen-bond donors (Lipinski definition) is 1. The molecule has 3 rings (SSSR count). The number of aromatic nitrogens is 2. The molecule has 1 aromatic heterocycles. The van der Waals surface area contributed by atoms with Gasteiger partial charge in [0, 0.05) is 37.6 Å². The van der Waals surface area contributed by atoms with Crippen LogP contribution in [0.3, 0.4) is 0 Å². The predicted molar refractivity (Wildman–Crippen MR) is 81.6 cm³/mol. The highest BCUT2D eigenvalue weighted by Gasteiger charge is 2.20. The molecule has 1 aromatic carbocycles. The lowest BCUT2D eigenvalue weighted by molar-refractivity contribution is 0.407. The van der Waals surface area contributed by atoms with E-state index >= 15 is 0 Å². The third-order valence-corrected chi connectivity index (χ3v) is 3.88. The van der Waals surface area contributed by atoms with E-state index in [4.69, 9.17) is 4.74 Å². The van der Waals surface area contributed by atoms with Gasteiger partial charge < -0.3 is 14.6 Å². The predicted octanol–water partition coefficient (Wildman–Crippen LogP) is 1.50. The summed E-state index contributed by atoms with van der Waals surface area (Å²) in [6.45, 7) is 1.39. The van der Waals surface area contributed by atoms with Crippen LogP contribution in [0.15, 0.2) is 35.4 Å². The normalized spacial score (nSPS) is 14.4. The highest BCUT2D eigenvalue weighted by Crippen LogP contribution is 2.23. The van der Waals surface area contributed by atoms with Gasteiger partial charge >= 0.3 is 5.69 Å². The fraction of sp³-hybridized carbons (Fsp3) is 0.438. The highest BCUT2D eigenvalue weighted by atomic mass is 16.5. The van der Waals surface area contributed by atoms with Crippen LogP contribution in [-0.4, -0.2) is 22.3 Å². The number of nitrogens with zero attached hydrogens (tertiary/aromatic N) is 2. The molecule has 0 amide bonds. The van der Waals surface area contributed by atoms with Crippen molar-refractivity contribution in [3.63, 3.8) is 0 Å². The zero-order valence-electron chi connectivity index (χ0n) is 12.5. The van der Waals surface area contributed by atoms with E-state index in [9.17, 15) is 4.79 Å². The van der Waals surface area contributed by atoms with Gasteiger partial charge in [-0.3, -0.25) is 4.57 Å². The van der Waals surface area contributed by atoms with E-state index in [0.29, 0.717) is 12.6 Å². The molecule has 21 heavy (non-hydrogen) atoms. The van der Waals surface area contributed by atoms with E-state index in [1.807, 2.05) is 6.07 Å². The smallest absolute Gasteiger partial charge is 0.328 e. The molecule has 0 radical (unpaired) electrons. The Balaban J connectivity index is 1.81. The summed E-state index contributed by atoms with van der Waals surface area (Å²) in [4.78, 5) is 12.0. The standard InChI is InChI=1S/C16H21N3O2/c1-18-7-8-19(16(18)20)11-13-9-12(3-6-15(13)21-2)10-17-14-4-5-14/h3,6-9,14,17H,4-5,10-11H2,1-2H3. The van der Waals surface area contributed by atoms with Gasteiger partial charge in [-0.2, -0.15) is 0 Å². The second kappa shape index (κ2) is 5.77. The van der Waals surface area contributed by atoms with Gasteiger partial charge in [-0.25, -0.2) is 4.79 Å². The van der Waals surface area contributed by atoms with Gasteiger partial charge in [-0.1, -0.05) is 6.07 Å². The monoisotopic (exact) mass is 287 g/mol. The van der Waals surface area contributed by atoms with E-state index < -0.39 is 0 Å². The Kier molecular flexibility index (Phi) is 3.84. The number of nitrogens with one attached hydrogen (secondary N) is 1. The van der Waals surface area contributed by atoms with Crippen LogP contribution in [0.5, 0.6) is 5.75 Å². The van der Waals surface area contributed by atoms with Crippen molar-refractivity contribution in [2.24, 2.45) is 7.05 Å². The van der Waals surface area contributed by atoms with E-state index in [2.05, 4.69) is 17.4 Å². The highest BCUT2D eigenvalue weighted by molar-refractivity contribution is 5.37. The minimum Gasteiger partial charge on any atom is -0.496 e. The number of methoxy groups -OCH3 is 1. The fourth-order valence-corrected chi connectivity index (χ4v) is 2.43. The first kappa shape index (κ1) is 13.9. The minimum atomic E-state index is -0.0152. The van der Waals surface area contributed by atoms with Crippen LogP contribution in [0.4, 0.5) is 0 Å². The van der Waals surface area contributed by atoms with Gasteiger partial charge in [-0.05, 0) is 30.5 Å². The molecule has 5 nitrogen and oxygen atoms in total. The Morgan fingerprint density at radius 3 is 2.76 bits per heavy atom. The molecule has 5 heteroatoms. The lowest BCUT2D eigenvalue weighted by Gasteiger charge is -2.11. The summed E-state index contributed by atoms with van der Waals surface area (Å²) in [5.41, 5.74) is 2.24. The van der Waals surface area contributed by atoms with Crippen LogP contribution in [0.25, 0.3) is 0 Å². The maximum absolute atomic E-state index is 12.0. The van der Waals surface area contributed by atoms with Crippen LogP contribution >= 0.6 is 0 Å². The second-order valence-corrected chi connectivity index (χ2v) is 5.62. The third kappa shape index (κ3) is 3.19. The SMILES string of the molecule is COc1ccc(CNC2CC2)cc1Cn1ccn(C)c1=O. The molecule has 0 unspecified atom stereocenters. The molecular formula is C16H21N3O2. The Bertz CT molecular complexity index is 683. The molecule has 0 aliphatic heterocycles. The van der Waals surface area contributed by atoms with Crippen molar-refractivity contribution in [2.75, 3.05) is 7.11 Å². The number of aryl methyl sites for hydroxylation is 1. The summed E-state index contributed by atoms with van der Waals surface area (Å²) in [6, 6.07) is 6.86. The van der Waals surface area contributed by atoms with Crippen LogP contribution in [-0.2, 0) is 20.1 Å². The summed E-state index contributed by atoms with van der Waals surface area (Å²) >= 11 is 0. The molecule has 0 spiro atoms. The molecular weight excluding hydrogens is 266 g/mol. The molecule has 0 atom stereocenters. The largest absolute Gasteiger partial charge is 0.496 e. The van der Waals surface area contributed by atoms with Crippen molar-refractivity contribution in [3.8, 4) is 5.75 Å². The van der Waals surface area contributed by atoms with Crippen molar-refractivity contribution in [1.82, 2.24) is 14.5 Å². The quantitative estimate of drug-likeness (QED) is 0.876. The number of rotatable bonds is 6. The molecule has 1 fully saturated rings. The van der Waals surface area contributed by atoms with Crippen LogP contribution in [0.1, 0.15) is 24.0 Å². The summed E-state index contributed by atoms with van der Waals surface area (Å²) in [5.74, 6) is 0.820. The zero-order chi connectivity index (χ0) is 14.8. The summed E-state index contributed by atoms with van der Waals surface area (Å²) in [5, 5.41) is 3.50. The maximum Gasteiger partial charge on any atom is 0.328 e. The Hall–Kier alpha value is -2.01. The number of hydrogen-bond acceptors (Lipinski definition) is 3. The Morgan fingerprint density at radius 2 is 2.14 bits per heavy atom. The summed E-state index contributed by atoms with van der Waals surface area (Å²) < 4.78 is 8.68. The van der Waals surface area contributed by atoms with Crippen molar-refractivity contribution < 1.29 is 4.74 Å². The second-order valence-electron chi connectivity index (χ2n) is 5.62.